The predicted octanol–water partition coefficient (Wildman–Crippen LogP) is 2.91. The van der Waals surface area contributed by atoms with E-state index in [1.165, 1.54) is 6.92 Å². The van der Waals surface area contributed by atoms with Crippen LogP contribution in [-0.4, -0.2) is 45.7 Å². The van der Waals surface area contributed by atoms with Crippen LogP contribution in [0.15, 0.2) is 42.5 Å². The van der Waals surface area contributed by atoms with E-state index in [-0.39, 0.29) is 24.8 Å². The van der Waals surface area contributed by atoms with E-state index >= 15 is 0 Å². The normalized spacial score (nSPS) is 12.2. The lowest BCUT2D eigenvalue weighted by molar-refractivity contribution is -0.117. The molecule has 7 nitrogen and oxygen atoms in total. The van der Waals surface area contributed by atoms with E-state index < -0.39 is 0 Å². The zero-order valence-electron chi connectivity index (χ0n) is 16.4. The van der Waals surface area contributed by atoms with Crippen molar-refractivity contribution in [1.82, 2.24) is 0 Å². The Kier molecular flexibility index (Phi) is 6.03. The van der Waals surface area contributed by atoms with Crippen molar-refractivity contribution in [2.75, 3.05) is 49.0 Å². The number of carbonyl (C=O) groups excluding carboxylic acids is 2. The number of hydrogen-bond acceptors (Lipinski definition) is 5. The zero-order valence-corrected chi connectivity index (χ0v) is 16.4. The van der Waals surface area contributed by atoms with E-state index in [1.54, 1.807) is 23.1 Å². The van der Waals surface area contributed by atoms with Gasteiger partial charge >= 0.3 is 0 Å². The largest absolute Gasteiger partial charge is 0.486 e. The second-order valence-electron chi connectivity index (χ2n) is 6.74. The summed E-state index contributed by atoms with van der Waals surface area (Å²) in [5.41, 5.74) is 2.46. The standard InChI is InChI=1S/C21H25N3O4/c1-15(25)24(18-8-9-19-20(14-18)28-13-12-27-19)11-10-21(26)22-16-4-6-17(7-5-16)23(2)3/h4-9,14H,10-13H2,1-3H3,(H,22,26). The number of anilines is 3. The van der Waals surface area contributed by atoms with E-state index in [1.807, 2.05) is 43.3 Å². The Morgan fingerprint density at radius 2 is 1.61 bits per heavy atom. The highest BCUT2D eigenvalue weighted by Crippen LogP contribution is 2.34. The highest BCUT2D eigenvalue weighted by atomic mass is 16.6. The Hall–Kier alpha value is -3.22. The number of ether oxygens (including phenoxy) is 2. The van der Waals surface area contributed by atoms with E-state index in [4.69, 9.17) is 9.47 Å². The number of carbonyl (C=O) groups is 2. The molecule has 0 spiro atoms. The predicted molar refractivity (Wildman–Crippen MR) is 109 cm³/mol. The highest BCUT2D eigenvalue weighted by Gasteiger charge is 2.18. The Labute approximate surface area is 164 Å². The van der Waals surface area contributed by atoms with Crippen molar-refractivity contribution in [1.29, 1.82) is 0 Å². The molecule has 2 aromatic carbocycles. The summed E-state index contributed by atoms with van der Waals surface area (Å²) >= 11 is 0. The van der Waals surface area contributed by atoms with Gasteiger partial charge in [-0.15, -0.1) is 0 Å². The van der Waals surface area contributed by atoms with Gasteiger partial charge in [0.15, 0.2) is 11.5 Å². The lowest BCUT2D eigenvalue weighted by Gasteiger charge is -2.24. The van der Waals surface area contributed by atoms with Crippen LogP contribution in [0.1, 0.15) is 13.3 Å². The molecule has 0 radical (unpaired) electrons. The summed E-state index contributed by atoms with van der Waals surface area (Å²) in [5, 5.41) is 2.86. The van der Waals surface area contributed by atoms with Crippen LogP contribution in [-0.2, 0) is 9.59 Å². The second-order valence-corrected chi connectivity index (χ2v) is 6.74. The molecule has 1 aliphatic rings. The third-order valence-corrected chi connectivity index (χ3v) is 4.45. The van der Waals surface area contributed by atoms with Gasteiger partial charge in [-0.2, -0.15) is 0 Å². The Bertz CT molecular complexity index is 849. The van der Waals surface area contributed by atoms with Gasteiger partial charge in [0.2, 0.25) is 11.8 Å². The molecule has 0 atom stereocenters. The summed E-state index contributed by atoms with van der Waals surface area (Å²) in [4.78, 5) is 28.0. The van der Waals surface area contributed by atoms with Crippen LogP contribution in [0.5, 0.6) is 11.5 Å². The lowest BCUT2D eigenvalue weighted by atomic mass is 10.2. The maximum atomic E-state index is 12.3. The van der Waals surface area contributed by atoms with Gasteiger partial charge in [0.25, 0.3) is 0 Å². The second kappa shape index (κ2) is 8.65. The fraction of sp³-hybridized carbons (Fsp3) is 0.333. The molecule has 3 rings (SSSR count). The van der Waals surface area contributed by atoms with Crippen LogP contribution < -0.4 is 24.6 Å². The van der Waals surface area contributed by atoms with E-state index in [2.05, 4.69) is 5.32 Å². The SMILES string of the molecule is CC(=O)N(CCC(=O)Nc1ccc(N(C)C)cc1)c1ccc2c(c1)OCCO2. The minimum Gasteiger partial charge on any atom is -0.486 e. The Balaban J connectivity index is 1.61. The minimum absolute atomic E-state index is 0.139. The Morgan fingerprint density at radius 1 is 0.964 bits per heavy atom. The number of hydrogen-bond donors (Lipinski definition) is 1. The quantitative estimate of drug-likeness (QED) is 0.831. The summed E-state index contributed by atoms with van der Waals surface area (Å²) in [5.74, 6) is 0.985. The molecule has 7 heteroatoms. The first kappa shape index (κ1) is 19.5. The van der Waals surface area contributed by atoms with Gasteiger partial charge in [-0.25, -0.2) is 0 Å². The van der Waals surface area contributed by atoms with E-state index in [9.17, 15) is 9.59 Å². The molecule has 0 aromatic heterocycles. The fourth-order valence-electron chi connectivity index (χ4n) is 2.95. The molecule has 0 fully saturated rings. The first-order valence-corrected chi connectivity index (χ1v) is 9.19. The van der Waals surface area contributed by atoms with Gasteiger partial charge in [0, 0.05) is 57.1 Å². The van der Waals surface area contributed by atoms with Gasteiger partial charge in [-0.05, 0) is 36.4 Å². The molecular weight excluding hydrogens is 358 g/mol. The third-order valence-electron chi connectivity index (χ3n) is 4.45. The summed E-state index contributed by atoms with van der Waals surface area (Å²) < 4.78 is 11.1. The van der Waals surface area contributed by atoms with Gasteiger partial charge in [0.1, 0.15) is 13.2 Å². The van der Waals surface area contributed by atoms with Crippen molar-refractivity contribution in [3.63, 3.8) is 0 Å². The molecule has 1 heterocycles. The van der Waals surface area contributed by atoms with Crippen molar-refractivity contribution in [2.24, 2.45) is 0 Å². The van der Waals surface area contributed by atoms with Gasteiger partial charge in [0.05, 0.1) is 0 Å². The topological polar surface area (TPSA) is 71.1 Å². The van der Waals surface area contributed by atoms with E-state index in [0.29, 0.717) is 30.4 Å². The molecule has 2 amide bonds. The molecule has 148 valence electrons. The third kappa shape index (κ3) is 4.73. The summed E-state index contributed by atoms with van der Waals surface area (Å²) in [6.07, 6.45) is 0.184. The molecule has 0 aliphatic carbocycles. The van der Waals surface area contributed by atoms with Crippen LogP contribution in [0.25, 0.3) is 0 Å². The Morgan fingerprint density at radius 3 is 2.25 bits per heavy atom. The molecule has 1 aliphatic heterocycles. The molecule has 28 heavy (non-hydrogen) atoms. The van der Waals surface area contributed by atoms with Gasteiger partial charge < -0.3 is 24.6 Å². The van der Waals surface area contributed by atoms with Crippen molar-refractivity contribution < 1.29 is 19.1 Å². The molecule has 1 N–H and O–H groups in total. The van der Waals surface area contributed by atoms with Crippen molar-refractivity contribution >= 4 is 28.9 Å². The number of fused-ring (bicyclic) bond motifs is 1. The number of nitrogens with one attached hydrogen (secondary N) is 1. The van der Waals surface area contributed by atoms with Crippen molar-refractivity contribution in [3.05, 3.63) is 42.5 Å². The first-order valence-electron chi connectivity index (χ1n) is 9.19. The number of rotatable bonds is 6. The van der Waals surface area contributed by atoms with Gasteiger partial charge in [-0.3, -0.25) is 9.59 Å². The first-order chi connectivity index (χ1) is 13.4. The average molecular weight is 383 g/mol. The summed E-state index contributed by atoms with van der Waals surface area (Å²) in [7, 11) is 3.92. The highest BCUT2D eigenvalue weighted by molar-refractivity contribution is 5.95. The van der Waals surface area contributed by atoms with Crippen molar-refractivity contribution in [2.45, 2.75) is 13.3 Å². The molecular formula is C21H25N3O4. The lowest BCUT2D eigenvalue weighted by Crippen LogP contribution is -2.32. The molecule has 0 saturated carbocycles. The van der Waals surface area contributed by atoms with Crippen LogP contribution in [0.4, 0.5) is 17.1 Å². The average Bonchev–Trinajstić information content (AvgIpc) is 2.68. The fourth-order valence-corrected chi connectivity index (χ4v) is 2.95. The van der Waals surface area contributed by atoms with Crippen molar-refractivity contribution in [3.8, 4) is 11.5 Å². The molecule has 2 aromatic rings. The summed E-state index contributed by atoms with van der Waals surface area (Å²) in [6, 6.07) is 12.9. The monoisotopic (exact) mass is 383 g/mol. The van der Waals surface area contributed by atoms with Gasteiger partial charge in [-0.1, -0.05) is 0 Å². The van der Waals surface area contributed by atoms with Crippen LogP contribution in [0, 0.1) is 0 Å². The van der Waals surface area contributed by atoms with Crippen LogP contribution in [0.2, 0.25) is 0 Å². The number of amides is 2. The smallest absolute Gasteiger partial charge is 0.226 e. The maximum Gasteiger partial charge on any atom is 0.226 e. The number of benzene rings is 2. The molecule has 0 bridgehead atoms. The maximum absolute atomic E-state index is 12.3. The van der Waals surface area contributed by atoms with Crippen LogP contribution in [0.3, 0.4) is 0 Å². The molecule has 0 unspecified atom stereocenters. The summed E-state index contributed by atoms with van der Waals surface area (Å²) in [6.45, 7) is 2.75. The zero-order chi connectivity index (χ0) is 20.1. The van der Waals surface area contributed by atoms with Crippen LogP contribution >= 0.6 is 0 Å². The number of nitrogens with zero attached hydrogens (tertiary/aromatic N) is 2. The molecule has 0 saturated heterocycles. The van der Waals surface area contributed by atoms with E-state index in [0.717, 1.165) is 11.4 Å². The minimum atomic E-state index is -0.151.